The van der Waals surface area contributed by atoms with Gasteiger partial charge in [-0.3, -0.25) is 4.90 Å². The number of para-hydroxylation sites is 3. The van der Waals surface area contributed by atoms with Crippen LogP contribution < -0.4 is 9.38 Å². The van der Waals surface area contributed by atoms with E-state index in [9.17, 15) is 0 Å². The summed E-state index contributed by atoms with van der Waals surface area (Å²) in [5.74, 6) is 0. The molecule has 0 unspecified atom stereocenters. The van der Waals surface area contributed by atoms with Gasteiger partial charge in [0.25, 0.3) is 0 Å². The van der Waals surface area contributed by atoms with E-state index in [1.807, 2.05) is 0 Å². The lowest BCUT2D eigenvalue weighted by atomic mass is 9.84. The number of nitrogens with zero attached hydrogens (tertiary/aromatic N) is 2. The smallest absolute Gasteiger partial charge is 0.245 e. The Bertz CT molecular complexity index is 1330. The molecule has 5 aromatic rings. The van der Waals surface area contributed by atoms with E-state index < -0.39 is 5.66 Å². The van der Waals surface area contributed by atoms with Crippen molar-refractivity contribution in [3.8, 4) is 0 Å². The van der Waals surface area contributed by atoms with Crippen LogP contribution in [-0.2, 0) is 5.66 Å². The molecule has 1 aliphatic rings. The molecule has 0 aromatic heterocycles. The van der Waals surface area contributed by atoms with E-state index >= 15 is 0 Å². The highest BCUT2D eigenvalue weighted by molar-refractivity contribution is 5.75. The minimum Gasteiger partial charge on any atom is -0.282 e. The summed E-state index contributed by atoms with van der Waals surface area (Å²) in [7, 11) is 0. The second kappa shape index (κ2) is 8.75. The number of rotatable bonds is 5. The van der Waals surface area contributed by atoms with Gasteiger partial charge >= 0.3 is 0 Å². The normalized spacial score (nSPS) is 15.7. The minimum atomic E-state index is -0.618. The first-order chi connectivity index (χ1) is 17.4. The van der Waals surface area contributed by atoms with Crippen molar-refractivity contribution in [1.82, 2.24) is 4.48 Å². The van der Waals surface area contributed by atoms with Gasteiger partial charge in [-0.05, 0) is 12.1 Å². The summed E-state index contributed by atoms with van der Waals surface area (Å²) < 4.78 is 0.498. The highest BCUT2D eigenvalue weighted by atomic mass is 15.6. The molecule has 0 atom stereocenters. The van der Waals surface area contributed by atoms with Crippen LogP contribution >= 0.6 is 0 Å². The first kappa shape index (κ1) is 21.2. The molecule has 0 bridgehead atoms. The predicted octanol–water partition coefficient (Wildman–Crippen LogP) is 8.22. The maximum absolute atomic E-state index is 2.44. The van der Waals surface area contributed by atoms with Gasteiger partial charge in [-0.1, -0.05) is 115 Å². The molecule has 1 aliphatic heterocycles. The zero-order chi connectivity index (χ0) is 23.6. The van der Waals surface area contributed by atoms with Crippen LogP contribution in [0.1, 0.15) is 11.1 Å². The monoisotopic (exact) mass is 451 g/mol. The van der Waals surface area contributed by atoms with E-state index in [1.165, 1.54) is 22.5 Å². The highest BCUT2D eigenvalue weighted by Crippen LogP contribution is 2.57. The Balaban J connectivity index is 1.81. The molecule has 35 heavy (non-hydrogen) atoms. The molecule has 0 N–H and O–H groups in total. The van der Waals surface area contributed by atoms with Crippen molar-refractivity contribution < 1.29 is 0 Å². The van der Waals surface area contributed by atoms with Crippen molar-refractivity contribution in [2.24, 2.45) is 0 Å². The van der Waals surface area contributed by atoms with Gasteiger partial charge in [0.1, 0.15) is 17.6 Å². The summed E-state index contributed by atoms with van der Waals surface area (Å²) in [6, 6.07) is 54.2. The lowest BCUT2D eigenvalue weighted by molar-refractivity contribution is 0.296. The van der Waals surface area contributed by atoms with Gasteiger partial charge in [0.15, 0.2) is 0 Å². The molecule has 0 saturated heterocycles. The third-order valence-electron chi connectivity index (χ3n) is 7.01. The van der Waals surface area contributed by atoms with E-state index in [0.29, 0.717) is 4.48 Å². The third kappa shape index (κ3) is 3.15. The molecule has 0 saturated carbocycles. The van der Waals surface area contributed by atoms with Crippen molar-refractivity contribution in [1.29, 1.82) is 0 Å². The average molecular weight is 452 g/mol. The zero-order valence-electron chi connectivity index (χ0n) is 19.5. The van der Waals surface area contributed by atoms with Gasteiger partial charge in [-0.15, -0.1) is 0 Å². The second-order valence-corrected chi connectivity index (χ2v) is 8.80. The standard InChI is InChI=1S/C33H27N2/c1-6-16-28(17-7-1)33(29-18-8-2-9-19-29)34(30-20-10-3-11-21-30)26-27-35(33,31-22-12-4-13-23-31)32-24-14-5-15-25-32/h1-27H/q+1. The molecule has 0 radical (unpaired) electrons. The highest BCUT2D eigenvalue weighted by Gasteiger charge is 2.62. The van der Waals surface area contributed by atoms with E-state index in [2.05, 4.69) is 169 Å². The summed E-state index contributed by atoms with van der Waals surface area (Å²) in [5, 5.41) is 0. The molecule has 5 aromatic carbocycles. The molecule has 168 valence electrons. The molecule has 0 fully saturated rings. The summed E-state index contributed by atoms with van der Waals surface area (Å²) in [6.07, 6.45) is 4.60. The van der Waals surface area contributed by atoms with E-state index in [1.54, 1.807) is 0 Å². The van der Waals surface area contributed by atoms with Crippen LogP contribution in [0.3, 0.4) is 0 Å². The van der Waals surface area contributed by atoms with E-state index in [0.717, 1.165) is 5.69 Å². The number of anilines is 1. The fourth-order valence-electron chi connectivity index (χ4n) is 5.63. The first-order valence-corrected chi connectivity index (χ1v) is 12.0. The predicted molar refractivity (Wildman–Crippen MR) is 146 cm³/mol. The molecule has 0 spiro atoms. The van der Waals surface area contributed by atoms with Crippen LogP contribution in [0.4, 0.5) is 17.1 Å². The van der Waals surface area contributed by atoms with Crippen LogP contribution in [0, 0.1) is 0 Å². The minimum absolute atomic E-state index is 0.498. The van der Waals surface area contributed by atoms with Crippen molar-refractivity contribution in [3.63, 3.8) is 0 Å². The lowest BCUT2D eigenvalue weighted by Gasteiger charge is -2.50. The number of hydrogen-bond donors (Lipinski definition) is 0. The number of quaternary nitrogens is 1. The summed E-state index contributed by atoms with van der Waals surface area (Å²) >= 11 is 0. The van der Waals surface area contributed by atoms with Crippen LogP contribution in [-0.4, -0.2) is 0 Å². The lowest BCUT2D eigenvalue weighted by Crippen LogP contribution is -2.62. The molecule has 2 heteroatoms. The van der Waals surface area contributed by atoms with E-state index in [-0.39, 0.29) is 0 Å². The Morgan fingerprint density at radius 2 is 0.800 bits per heavy atom. The van der Waals surface area contributed by atoms with Crippen LogP contribution in [0.25, 0.3) is 0 Å². The van der Waals surface area contributed by atoms with Gasteiger partial charge in [0.05, 0.1) is 6.20 Å². The zero-order valence-corrected chi connectivity index (χ0v) is 19.5. The summed E-state index contributed by atoms with van der Waals surface area (Å²) in [5.41, 5.74) is 5.35. The Hall–Kier alpha value is -4.40. The van der Waals surface area contributed by atoms with Gasteiger partial charge in [-0.2, -0.15) is 0 Å². The van der Waals surface area contributed by atoms with Gasteiger partial charge < -0.3 is 0 Å². The van der Waals surface area contributed by atoms with Crippen molar-refractivity contribution in [2.75, 3.05) is 4.90 Å². The Morgan fingerprint density at radius 1 is 0.429 bits per heavy atom. The maximum Gasteiger partial charge on any atom is 0.245 e. The van der Waals surface area contributed by atoms with Gasteiger partial charge in [0, 0.05) is 41.1 Å². The Labute approximate surface area is 207 Å². The van der Waals surface area contributed by atoms with Gasteiger partial charge in [-0.25, -0.2) is 4.48 Å². The van der Waals surface area contributed by atoms with Crippen molar-refractivity contribution >= 4 is 17.1 Å². The van der Waals surface area contributed by atoms with E-state index in [4.69, 9.17) is 0 Å². The fourth-order valence-corrected chi connectivity index (χ4v) is 5.63. The topological polar surface area (TPSA) is 3.24 Å². The Kier molecular flexibility index (Phi) is 5.29. The SMILES string of the molecule is C1=C[N+](c2ccccc2)(c2ccccc2)C(c2ccccc2)(c2ccccc2)N1c1ccccc1. The fraction of sp³-hybridized carbons (Fsp3) is 0.0303. The molecular formula is C33H27N2+. The van der Waals surface area contributed by atoms with Crippen molar-refractivity contribution in [3.05, 3.63) is 175 Å². The largest absolute Gasteiger partial charge is 0.282 e. The molecule has 6 rings (SSSR count). The van der Waals surface area contributed by atoms with Crippen LogP contribution in [0.15, 0.2) is 164 Å². The van der Waals surface area contributed by atoms with Crippen molar-refractivity contribution in [2.45, 2.75) is 5.66 Å². The van der Waals surface area contributed by atoms with Crippen LogP contribution in [0.2, 0.25) is 0 Å². The molecule has 1 heterocycles. The molecule has 2 nitrogen and oxygen atoms in total. The first-order valence-electron chi connectivity index (χ1n) is 12.0. The van der Waals surface area contributed by atoms with Gasteiger partial charge in [0.2, 0.25) is 5.66 Å². The molecule has 0 amide bonds. The van der Waals surface area contributed by atoms with Crippen LogP contribution in [0.5, 0.6) is 0 Å². The second-order valence-electron chi connectivity index (χ2n) is 8.80. The number of hydrogen-bond acceptors (Lipinski definition) is 1. The Morgan fingerprint density at radius 3 is 1.23 bits per heavy atom. The summed E-state index contributed by atoms with van der Waals surface area (Å²) in [4.78, 5) is 2.44. The molecular weight excluding hydrogens is 424 g/mol. The summed E-state index contributed by atoms with van der Waals surface area (Å²) in [6.45, 7) is 0. The molecule has 0 aliphatic carbocycles. The number of benzene rings is 5. The third-order valence-corrected chi connectivity index (χ3v) is 7.01. The average Bonchev–Trinajstić information content (AvgIpc) is 3.33. The quantitative estimate of drug-likeness (QED) is 0.243. The maximum atomic E-state index is 2.44.